The van der Waals surface area contributed by atoms with Crippen molar-refractivity contribution in [3.8, 4) is 5.75 Å². The zero-order valence-corrected chi connectivity index (χ0v) is 11.0. The van der Waals surface area contributed by atoms with Crippen LogP contribution in [-0.4, -0.2) is 11.1 Å². The molecule has 0 atom stereocenters. The monoisotopic (exact) mass is 221 g/mol. The molecule has 90 valence electrons. The van der Waals surface area contributed by atoms with Crippen LogP contribution in [0.5, 0.6) is 5.75 Å². The van der Waals surface area contributed by atoms with Crippen molar-refractivity contribution >= 4 is 0 Å². The van der Waals surface area contributed by atoms with Crippen molar-refractivity contribution in [2.45, 2.75) is 52.6 Å². The molecule has 0 aromatic heterocycles. The summed E-state index contributed by atoms with van der Waals surface area (Å²) in [5.74, 6) is 0.389. The van der Waals surface area contributed by atoms with Gasteiger partial charge in [-0.2, -0.15) is 0 Å². The summed E-state index contributed by atoms with van der Waals surface area (Å²) >= 11 is 0. The van der Waals surface area contributed by atoms with Gasteiger partial charge in [-0.15, -0.1) is 0 Å². The van der Waals surface area contributed by atoms with Crippen molar-refractivity contribution in [3.63, 3.8) is 0 Å². The van der Waals surface area contributed by atoms with Crippen LogP contribution in [0.2, 0.25) is 0 Å². The van der Waals surface area contributed by atoms with Gasteiger partial charge in [0, 0.05) is 18.2 Å². The molecule has 0 heterocycles. The third kappa shape index (κ3) is 3.53. The Bertz CT molecular complexity index is 350. The fourth-order valence-electron chi connectivity index (χ4n) is 1.49. The standard InChI is InChI=1S/C14H23NO/c1-10(2)15-9-11-6-7-12(8-13(11)16)14(3,4)5/h6-8,10,15-16H,9H2,1-5H3. The lowest BCUT2D eigenvalue weighted by molar-refractivity contribution is 0.457. The molecule has 0 aliphatic rings. The average molecular weight is 221 g/mol. The molecule has 2 N–H and O–H groups in total. The molecule has 1 aromatic rings. The summed E-state index contributed by atoms with van der Waals surface area (Å²) in [7, 11) is 0. The van der Waals surface area contributed by atoms with Gasteiger partial charge >= 0.3 is 0 Å². The quantitative estimate of drug-likeness (QED) is 0.821. The van der Waals surface area contributed by atoms with Crippen molar-refractivity contribution in [2.24, 2.45) is 0 Å². The Morgan fingerprint density at radius 1 is 1.25 bits per heavy atom. The van der Waals surface area contributed by atoms with Crippen molar-refractivity contribution in [1.29, 1.82) is 0 Å². The topological polar surface area (TPSA) is 32.3 Å². The molecule has 0 radical (unpaired) electrons. The first-order valence-electron chi connectivity index (χ1n) is 5.86. The summed E-state index contributed by atoms with van der Waals surface area (Å²) in [5, 5.41) is 13.2. The van der Waals surface area contributed by atoms with E-state index in [2.05, 4.69) is 46.0 Å². The second-order valence-electron chi connectivity index (χ2n) is 5.63. The van der Waals surface area contributed by atoms with E-state index in [9.17, 15) is 5.11 Å². The van der Waals surface area contributed by atoms with Crippen LogP contribution >= 0.6 is 0 Å². The zero-order chi connectivity index (χ0) is 12.3. The first-order chi connectivity index (χ1) is 7.30. The van der Waals surface area contributed by atoms with E-state index in [1.807, 2.05) is 12.1 Å². The van der Waals surface area contributed by atoms with E-state index in [0.717, 1.165) is 5.56 Å². The summed E-state index contributed by atoms with van der Waals surface area (Å²) in [4.78, 5) is 0. The van der Waals surface area contributed by atoms with E-state index in [1.54, 1.807) is 0 Å². The fourth-order valence-corrected chi connectivity index (χ4v) is 1.49. The number of hydrogen-bond donors (Lipinski definition) is 2. The predicted molar refractivity (Wildman–Crippen MR) is 68.8 cm³/mol. The minimum absolute atomic E-state index is 0.0848. The molecule has 0 amide bonds. The number of phenols is 1. The number of phenolic OH excluding ortho intramolecular Hbond substituents is 1. The van der Waals surface area contributed by atoms with E-state index < -0.39 is 0 Å². The van der Waals surface area contributed by atoms with E-state index in [0.29, 0.717) is 18.3 Å². The molecule has 2 nitrogen and oxygen atoms in total. The van der Waals surface area contributed by atoms with Crippen molar-refractivity contribution in [2.75, 3.05) is 0 Å². The summed E-state index contributed by atoms with van der Waals surface area (Å²) in [5.41, 5.74) is 2.21. The summed E-state index contributed by atoms with van der Waals surface area (Å²) < 4.78 is 0. The minimum atomic E-state index is 0.0848. The van der Waals surface area contributed by atoms with Crippen LogP contribution in [0.25, 0.3) is 0 Å². The van der Waals surface area contributed by atoms with Crippen molar-refractivity contribution in [3.05, 3.63) is 29.3 Å². The molecule has 1 aromatic carbocycles. The Morgan fingerprint density at radius 3 is 2.31 bits per heavy atom. The molecule has 0 fully saturated rings. The van der Waals surface area contributed by atoms with Crippen LogP contribution in [-0.2, 0) is 12.0 Å². The van der Waals surface area contributed by atoms with Gasteiger partial charge in [-0.25, -0.2) is 0 Å². The number of hydrogen-bond acceptors (Lipinski definition) is 2. The normalized spacial score (nSPS) is 12.1. The van der Waals surface area contributed by atoms with Crippen LogP contribution in [0.4, 0.5) is 0 Å². The SMILES string of the molecule is CC(C)NCc1ccc(C(C)(C)C)cc1O. The van der Waals surface area contributed by atoms with Crippen molar-refractivity contribution in [1.82, 2.24) is 5.32 Å². The van der Waals surface area contributed by atoms with Gasteiger partial charge in [0.1, 0.15) is 5.75 Å². The van der Waals surface area contributed by atoms with E-state index in [-0.39, 0.29) is 5.41 Å². The molecule has 0 spiro atoms. The third-order valence-corrected chi connectivity index (χ3v) is 2.65. The lowest BCUT2D eigenvalue weighted by atomic mass is 9.86. The Hall–Kier alpha value is -1.02. The molecule has 0 aliphatic heterocycles. The maximum atomic E-state index is 9.93. The first-order valence-corrected chi connectivity index (χ1v) is 5.86. The highest BCUT2D eigenvalue weighted by atomic mass is 16.3. The number of rotatable bonds is 3. The van der Waals surface area contributed by atoms with Gasteiger partial charge in [0.05, 0.1) is 0 Å². The molecular weight excluding hydrogens is 198 g/mol. The Labute approximate surface area is 98.7 Å². The highest BCUT2D eigenvalue weighted by molar-refractivity contribution is 5.38. The van der Waals surface area contributed by atoms with E-state index >= 15 is 0 Å². The summed E-state index contributed by atoms with van der Waals surface area (Å²) in [6.07, 6.45) is 0. The van der Waals surface area contributed by atoms with Crippen molar-refractivity contribution < 1.29 is 5.11 Å². The maximum Gasteiger partial charge on any atom is 0.120 e. The van der Waals surface area contributed by atoms with Crippen LogP contribution < -0.4 is 5.32 Å². The van der Waals surface area contributed by atoms with Gasteiger partial charge in [-0.05, 0) is 17.0 Å². The number of nitrogens with one attached hydrogen (secondary N) is 1. The maximum absolute atomic E-state index is 9.93. The molecule has 2 heteroatoms. The van der Waals surface area contributed by atoms with E-state index in [4.69, 9.17) is 0 Å². The molecule has 16 heavy (non-hydrogen) atoms. The average Bonchev–Trinajstić information content (AvgIpc) is 2.14. The second-order valence-corrected chi connectivity index (χ2v) is 5.63. The number of benzene rings is 1. The fraction of sp³-hybridized carbons (Fsp3) is 0.571. The Balaban J connectivity index is 2.84. The molecule has 0 saturated carbocycles. The highest BCUT2D eigenvalue weighted by Crippen LogP contribution is 2.27. The largest absolute Gasteiger partial charge is 0.508 e. The van der Waals surface area contributed by atoms with Gasteiger partial charge in [0.15, 0.2) is 0 Å². The molecule has 1 rings (SSSR count). The molecular formula is C14H23NO. The van der Waals surface area contributed by atoms with E-state index in [1.165, 1.54) is 5.56 Å². The van der Waals surface area contributed by atoms with Gasteiger partial charge < -0.3 is 10.4 Å². The summed E-state index contributed by atoms with van der Waals surface area (Å²) in [6, 6.07) is 6.40. The summed E-state index contributed by atoms with van der Waals surface area (Å²) in [6.45, 7) is 11.4. The van der Waals surface area contributed by atoms with Crippen LogP contribution in [0, 0.1) is 0 Å². The van der Waals surface area contributed by atoms with Gasteiger partial charge in [-0.3, -0.25) is 0 Å². The zero-order valence-electron chi connectivity index (χ0n) is 11.0. The molecule has 0 unspecified atom stereocenters. The lowest BCUT2D eigenvalue weighted by Gasteiger charge is -2.20. The number of aromatic hydroxyl groups is 1. The predicted octanol–water partition coefficient (Wildman–Crippen LogP) is 3.19. The molecule has 0 aliphatic carbocycles. The second kappa shape index (κ2) is 4.88. The smallest absolute Gasteiger partial charge is 0.120 e. The molecule has 0 saturated heterocycles. The van der Waals surface area contributed by atoms with Crippen LogP contribution in [0.1, 0.15) is 45.7 Å². The third-order valence-electron chi connectivity index (χ3n) is 2.65. The minimum Gasteiger partial charge on any atom is -0.508 e. The highest BCUT2D eigenvalue weighted by Gasteiger charge is 2.15. The Morgan fingerprint density at radius 2 is 1.88 bits per heavy atom. The first kappa shape index (κ1) is 13.0. The van der Waals surface area contributed by atoms with Gasteiger partial charge in [0.2, 0.25) is 0 Å². The van der Waals surface area contributed by atoms with Crippen LogP contribution in [0.15, 0.2) is 18.2 Å². The van der Waals surface area contributed by atoms with Crippen LogP contribution in [0.3, 0.4) is 0 Å². The van der Waals surface area contributed by atoms with Gasteiger partial charge in [0.25, 0.3) is 0 Å². The molecule has 0 bridgehead atoms. The lowest BCUT2D eigenvalue weighted by Crippen LogP contribution is -2.22. The van der Waals surface area contributed by atoms with Gasteiger partial charge in [-0.1, -0.05) is 46.8 Å². The Kier molecular flexibility index (Phi) is 3.98.